The average molecular weight is 533 g/mol. The van der Waals surface area contributed by atoms with E-state index in [1.165, 1.54) is 0 Å². The molecule has 37 heavy (non-hydrogen) atoms. The number of carbonyl (C=O) groups is 1. The maximum absolute atomic E-state index is 13.5. The Morgan fingerprint density at radius 1 is 1.11 bits per heavy atom. The minimum Gasteiger partial charge on any atom is -0.488 e. The molecule has 204 valence electrons. The molecule has 11 heteroatoms. The number of fused-ring (bicyclic) bond motifs is 1. The van der Waals surface area contributed by atoms with Gasteiger partial charge in [-0.2, -0.15) is 26.3 Å². The highest BCUT2D eigenvalue weighted by molar-refractivity contribution is 5.80. The Morgan fingerprint density at radius 2 is 1.70 bits per heavy atom. The molecular formula is C26H30F6N2O3. The van der Waals surface area contributed by atoms with Crippen molar-refractivity contribution in [1.29, 1.82) is 0 Å². The number of nitrogens with zero attached hydrogens (tertiary/aromatic N) is 1. The SMILES string of the molecule is CC(NC1CC(C(=O)O)C1(C)C)c1nc2ccccc2cc1OC1CCC(C(F)(F)F)(C(F)(F)F)CC1. The van der Waals surface area contributed by atoms with Gasteiger partial charge in [0.1, 0.15) is 5.75 Å². The first-order valence-electron chi connectivity index (χ1n) is 12.3. The van der Waals surface area contributed by atoms with Crippen LogP contribution in [0.1, 0.15) is 64.6 Å². The van der Waals surface area contributed by atoms with Gasteiger partial charge in [-0.25, -0.2) is 4.98 Å². The molecule has 0 bridgehead atoms. The van der Waals surface area contributed by atoms with Crippen LogP contribution in [-0.2, 0) is 4.79 Å². The van der Waals surface area contributed by atoms with Gasteiger partial charge in [0, 0.05) is 11.4 Å². The van der Waals surface area contributed by atoms with Crippen molar-refractivity contribution in [3.63, 3.8) is 0 Å². The van der Waals surface area contributed by atoms with Gasteiger partial charge in [0.15, 0.2) is 5.41 Å². The number of nitrogens with one attached hydrogen (secondary N) is 1. The lowest BCUT2D eigenvalue weighted by atomic mass is 9.58. The molecular weight excluding hydrogens is 502 g/mol. The van der Waals surface area contributed by atoms with Crippen LogP contribution < -0.4 is 10.1 Å². The fourth-order valence-electron chi connectivity index (χ4n) is 5.63. The van der Waals surface area contributed by atoms with E-state index < -0.39 is 72.9 Å². The molecule has 2 N–H and O–H groups in total. The Morgan fingerprint density at radius 3 is 2.24 bits per heavy atom. The summed E-state index contributed by atoms with van der Waals surface area (Å²) in [4.78, 5) is 16.2. The van der Waals surface area contributed by atoms with E-state index in [1.807, 2.05) is 20.8 Å². The van der Waals surface area contributed by atoms with E-state index in [9.17, 15) is 36.2 Å². The van der Waals surface area contributed by atoms with Crippen molar-refractivity contribution in [1.82, 2.24) is 10.3 Å². The summed E-state index contributed by atoms with van der Waals surface area (Å²) in [6.07, 6.45) is -14.2. The van der Waals surface area contributed by atoms with Gasteiger partial charge in [-0.1, -0.05) is 32.0 Å². The number of hydrogen-bond acceptors (Lipinski definition) is 4. The molecule has 3 unspecified atom stereocenters. The highest BCUT2D eigenvalue weighted by Gasteiger charge is 2.70. The monoisotopic (exact) mass is 532 g/mol. The van der Waals surface area contributed by atoms with E-state index in [4.69, 9.17) is 9.72 Å². The number of carboxylic acids is 1. The zero-order valence-electron chi connectivity index (χ0n) is 20.7. The second-order valence-electron chi connectivity index (χ2n) is 10.8. The molecule has 1 heterocycles. The van der Waals surface area contributed by atoms with E-state index in [2.05, 4.69) is 5.32 Å². The minimum atomic E-state index is -5.40. The molecule has 1 aromatic carbocycles. The molecule has 0 radical (unpaired) electrons. The maximum atomic E-state index is 13.5. The summed E-state index contributed by atoms with van der Waals surface area (Å²) in [5, 5.41) is 13.5. The number of alkyl halides is 6. The van der Waals surface area contributed by atoms with Gasteiger partial charge in [0.2, 0.25) is 0 Å². The van der Waals surface area contributed by atoms with Crippen LogP contribution in [0.2, 0.25) is 0 Å². The summed E-state index contributed by atoms with van der Waals surface area (Å²) in [5.74, 6) is -1.07. The van der Waals surface area contributed by atoms with Crippen molar-refractivity contribution in [2.75, 3.05) is 0 Å². The van der Waals surface area contributed by atoms with E-state index in [0.29, 0.717) is 23.4 Å². The van der Waals surface area contributed by atoms with Crippen LogP contribution in [0.5, 0.6) is 5.75 Å². The fourth-order valence-corrected chi connectivity index (χ4v) is 5.63. The Kier molecular flexibility index (Phi) is 6.92. The lowest BCUT2D eigenvalue weighted by Gasteiger charge is -2.51. The zero-order valence-corrected chi connectivity index (χ0v) is 20.7. The topological polar surface area (TPSA) is 71.5 Å². The van der Waals surface area contributed by atoms with Crippen LogP contribution in [0, 0.1) is 16.7 Å². The van der Waals surface area contributed by atoms with Crippen LogP contribution in [0.3, 0.4) is 0 Å². The van der Waals surface area contributed by atoms with Crippen molar-refractivity contribution in [2.45, 2.75) is 83.4 Å². The van der Waals surface area contributed by atoms with E-state index in [0.717, 1.165) is 5.39 Å². The van der Waals surface area contributed by atoms with Crippen molar-refractivity contribution in [3.05, 3.63) is 36.0 Å². The smallest absolute Gasteiger partial charge is 0.403 e. The van der Waals surface area contributed by atoms with Crippen molar-refractivity contribution in [2.24, 2.45) is 16.7 Å². The number of para-hydroxylation sites is 1. The fraction of sp³-hybridized carbons (Fsp3) is 0.615. The summed E-state index contributed by atoms with van der Waals surface area (Å²) in [6.45, 7) is 5.55. The Bertz CT molecular complexity index is 1140. The van der Waals surface area contributed by atoms with Crippen LogP contribution >= 0.6 is 0 Å². The molecule has 3 atom stereocenters. The predicted octanol–water partition coefficient (Wildman–Crippen LogP) is 6.82. The first-order valence-corrected chi connectivity index (χ1v) is 12.3. The first-order chi connectivity index (χ1) is 17.1. The largest absolute Gasteiger partial charge is 0.488 e. The number of ether oxygens (including phenoxy) is 1. The number of halogens is 6. The Hall–Kier alpha value is -2.56. The lowest BCUT2D eigenvalue weighted by molar-refractivity contribution is -0.351. The number of benzene rings is 1. The average Bonchev–Trinajstić information content (AvgIpc) is 2.79. The third-order valence-corrected chi connectivity index (χ3v) is 8.31. The Balaban J connectivity index is 1.57. The van der Waals surface area contributed by atoms with Crippen LogP contribution in [0.25, 0.3) is 10.9 Å². The molecule has 2 aliphatic carbocycles. The molecule has 2 fully saturated rings. The van der Waals surface area contributed by atoms with Gasteiger partial charge in [-0.05, 0) is 56.6 Å². The highest BCUT2D eigenvalue weighted by atomic mass is 19.4. The van der Waals surface area contributed by atoms with Gasteiger partial charge in [0.05, 0.1) is 29.3 Å². The summed E-state index contributed by atoms with van der Waals surface area (Å²) in [6, 6.07) is 8.36. The molecule has 0 saturated heterocycles. The quantitative estimate of drug-likeness (QED) is 0.400. The molecule has 0 amide bonds. The van der Waals surface area contributed by atoms with Crippen molar-refractivity contribution >= 4 is 16.9 Å². The third kappa shape index (κ3) is 4.86. The Labute approximate surface area is 210 Å². The third-order valence-electron chi connectivity index (χ3n) is 8.31. The molecule has 5 nitrogen and oxygen atoms in total. The second kappa shape index (κ2) is 9.32. The summed E-state index contributed by atoms with van der Waals surface area (Å²) in [5.41, 5.74) is -3.11. The van der Waals surface area contributed by atoms with Crippen LogP contribution in [-0.4, -0.2) is 40.6 Å². The molecule has 4 rings (SSSR count). The van der Waals surface area contributed by atoms with Crippen molar-refractivity contribution in [3.8, 4) is 5.75 Å². The summed E-state index contributed by atoms with van der Waals surface area (Å²) < 4.78 is 86.9. The van der Waals surface area contributed by atoms with Crippen molar-refractivity contribution < 1.29 is 41.0 Å². The molecule has 1 aromatic heterocycles. The second-order valence-corrected chi connectivity index (χ2v) is 10.8. The highest BCUT2D eigenvalue weighted by Crippen LogP contribution is 2.58. The van der Waals surface area contributed by atoms with E-state index in [-0.39, 0.29) is 6.04 Å². The minimum absolute atomic E-state index is 0.126. The summed E-state index contributed by atoms with van der Waals surface area (Å²) in [7, 11) is 0. The first kappa shape index (κ1) is 27.5. The molecule has 0 spiro atoms. The number of aliphatic carboxylic acids is 1. The maximum Gasteiger partial charge on any atom is 0.403 e. The number of hydrogen-bond donors (Lipinski definition) is 2. The van der Waals surface area contributed by atoms with Crippen LogP contribution in [0.15, 0.2) is 30.3 Å². The van der Waals surface area contributed by atoms with Gasteiger partial charge in [-0.15, -0.1) is 0 Å². The molecule has 0 aliphatic heterocycles. The standard InChI is InChI=1S/C26H30F6N2O3/c1-14(33-20-13-17(22(35)36)23(20,2)3)21-19(12-15-6-4-5-7-18(15)34-21)37-16-8-10-24(11-9-16,25(27,28)29)26(30,31)32/h4-7,12,14,16-17,20,33H,8-11,13H2,1-3H3,(H,35,36). The number of pyridine rings is 1. The zero-order chi connectivity index (χ0) is 27.4. The van der Waals surface area contributed by atoms with E-state index >= 15 is 0 Å². The predicted molar refractivity (Wildman–Crippen MR) is 124 cm³/mol. The number of carboxylic acid groups (broad SMARTS) is 1. The van der Waals surface area contributed by atoms with Gasteiger partial charge >= 0.3 is 18.3 Å². The van der Waals surface area contributed by atoms with E-state index in [1.54, 1.807) is 30.3 Å². The normalized spacial score (nSPS) is 24.9. The molecule has 2 aliphatic rings. The molecule has 2 saturated carbocycles. The van der Waals surface area contributed by atoms with Crippen LogP contribution in [0.4, 0.5) is 26.3 Å². The van der Waals surface area contributed by atoms with Gasteiger partial charge in [-0.3, -0.25) is 4.79 Å². The van der Waals surface area contributed by atoms with Gasteiger partial charge < -0.3 is 15.2 Å². The van der Waals surface area contributed by atoms with Gasteiger partial charge in [0.25, 0.3) is 0 Å². The summed E-state index contributed by atoms with van der Waals surface area (Å²) >= 11 is 0. The number of rotatable bonds is 6. The molecule has 2 aromatic rings. The number of aromatic nitrogens is 1. The lowest BCUT2D eigenvalue weighted by Crippen LogP contribution is -2.59.